The van der Waals surface area contributed by atoms with E-state index in [0.717, 1.165) is 0 Å². The van der Waals surface area contributed by atoms with E-state index in [0.29, 0.717) is 13.2 Å². The molecule has 1 atom stereocenters. The van der Waals surface area contributed by atoms with Gasteiger partial charge in [-0.25, -0.2) is 0 Å². The summed E-state index contributed by atoms with van der Waals surface area (Å²) in [5.41, 5.74) is 0. The van der Waals surface area contributed by atoms with Gasteiger partial charge in [0.2, 0.25) is 5.91 Å². The molecule has 1 heterocycles. The van der Waals surface area contributed by atoms with Gasteiger partial charge < -0.3 is 14.8 Å². The maximum Gasteiger partial charge on any atom is 0.325 e. The Balaban J connectivity index is 2.14. The Kier molecular flexibility index (Phi) is 5.06. The van der Waals surface area contributed by atoms with Crippen LogP contribution in [0.25, 0.3) is 0 Å². The van der Waals surface area contributed by atoms with Crippen molar-refractivity contribution in [1.82, 2.24) is 10.6 Å². The van der Waals surface area contributed by atoms with Crippen LogP contribution in [0.5, 0.6) is 0 Å². The van der Waals surface area contributed by atoms with Crippen molar-refractivity contribution in [1.29, 1.82) is 0 Å². The number of rotatable bonds is 5. The Morgan fingerprint density at radius 3 is 2.93 bits per heavy atom. The van der Waals surface area contributed by atoms with E-state index >= 15 is 0 Å². The summed E-state index contributed by atoms with van der Waals surface area (Å²) in [6.45, 7) is 3.58. The predicted octanol–water partition coefficient (Wildman–Crippen LogP) is -1.35. The zero-order chi connectivity index (χ0) is 11.1. The first-order valence-electron chi connectivity index (χ1n) is 4.98. The molecule has 15 heavy (non-hydrogen) atoms. The topological polar surface area (TPSA) is 76.7 Å². The van der Waals surface area contributed by atoms with Crippen molar-refractivity contribution >= 4 is 11.9 Å². The van der Waals surface area contributed by atoms with Crippen LogP contribution in [-0.4, -0.2) is 50.8 Å². The molecule has 1 fully saturated rings. The molecule has 6 nitrogen and oxygen atoms in total. The number of amides is 1. The van der Waals surface area contributed by atoms with Gasteiger partial charge in [0, 0.05) is 13.2 Å². The lowest BCUT2D eigenvalue weighted by Crippen LogP contribution is -2.55. The van der Waals surface area contributed by atoms with Crippen molar-refractivity contribution in [3.63, 3.8) is 0 Å². The largest absolute Gasteiger partial charge is 0.462 e. The summed E-state index contributed by atoms with van der Waals surface area (Å²) in [5, 5.41) is 5.36. The van der Waals surface area contributed by atoms with E-state index in [-0.39, 0.29) is 31.6 Å². The average Bonchev–Trinajstić information content (AvgIpc) is 2.25. The number of carbonyl (C=O) groups is 2. The minimum atomic E-state index is -0.440. The van der Waals surface area contributed by atoms with E-state index in [1.807, 2.05) is 6.92 Å². The van der Waals surface area contributed by atoms with E-state index in [4.69, 9.17) is 9.47 Å². The van der Waals surface area contributed by atoms with E-state index in [9.17, 15) is 9.59 Å². The van der Waals surface area contributed by atoms with E-state index in [2.05, 4.69) is 10.6 Å². The molecule has 0 radical (unpaired) electrons. The molecule has 1 aliphatic heterocycles. The molecule has 1 rings (SSSR count). The van der Waals surface area contributed by atoms with Gasteiger partial charge in [-0.3, -0.25) is 14.9 Å². The van der Waals surface area contributed by atoms with E-state index < -0.39 is 6.04 Å². The zero-order valence-corrected chi connectivity index (χ0v) is 8.75. The van der Waals surface area contributed by atoms with E-state index in [1.54, 1.807) is 0 Å². The van der Waals surface area contributed by atoms with Crippen molar-refractivity contribution in [3.05, 3.63) is 0 Å². The molecule has 1 aliphatic rings. The van der Waals surface area contributed by atoms with Gasteiger partial charge >= 0.3 is 5.97 Å². The fourth-order valence-electron chi connectivity index (χ4n) is 1.18. The normalized spacial score (nSPS) is 20.9. The van der Waals surface area contributed by atoms with Crippen LogP contribution in [0, 0.1) is 0 Å². The fraction of sp³-hybridized carbons (Fsp3) is 0.778. The van der Waals surface area contributed by atoms with Gasteiger partial charge in [0.05, 0.1) is 13.2 Å². The minimum Gasteiger partial charge on any atom is -0.462 e. The molecule has 0 aromatic heterocycles. The maximum atomic E-state index is 11.4. The van der Waals surface area contributed by atoms with Gasteiger partial charge in [0.1, 0.15) is 12.6 Å². The molecule has 0 bridgehead atoms. The molecule has 6 heteroatoms. The maximum absolute atomic E-state index is 11.4. The van der Waals surface area contributed by atoms with Crippen LogP contribution in [0.4, 0.5) is 0 Å². The summed E-state index contributed by atoms with van der Waals surface area (Å²) in [5.74, 6) is -0.455. The Morgan fingerprint density at radius 1 is 1.53 bits per heavy atom. The van der Waals surface area contributed by atoms with Gasteiger partial charge in [-0.05, 0) is 6.92 Å². The Hall–Kier alpha value is -1.14. The summed E-state index contributed by atoms with van der Waals surface area (Å²) in [4.78, 5) is 22.2. The molecule has 2 N–H and O–H groups in total. The molecule has 1 amide bonds. The van der Waals surface area contributed by atoms with Crippen LogP contribution in [0.3, 0.4) is 0 Å². The molecule has 1 unspecified atom stereocenters. The van der Waals surface area contributed by atoms with Crippen molar-refractivity contribution in [3.8, 4) is 0 Å². The van der Waals surface area contributed by atoms with Gasteiger partial charge in [0.25, 0.3) is 0 Å². The second kappa shape index (κ2) is 6.36. The van der Waals surface area contributed by atoms with Crippen LogP contribution in [0.2, 0.25) is 0 Å². The lowest BCUT2D eigenvalue weighted by Gasteiger charge is -2.22. The summed E-state index contributed by atoms with van der Waals surface area (Å²) in [6.07, 6.45) is 0. The summed E-state index contributed by atoms with van der Waals surface area (Å²) >= 11 is 0. The molecular weight excluding hydrogens is 200 g/mol. The molecule has 0 saturated carbocycles. The van der Waals surface area contributed by atoms with Crippen LogP contribution in [0.15, 0.2) is 0 Å². The Morgan fingerprint density at radius 2 is 2.33 bits per heavy atom. The second-order valence-corrected chi connectivity index (χ2v) is 3.10. The highest BCUT2D eigenvalue weighted by atomic mass is 16.6. The van der Waals surface area contributed by atoms with Gasteiger partial charge in [0.15, 0.2) is 0 Å². The molecule has 0 aromatic rings. The van der Waals surface area contributed by atoms with Crippen molar-refractivity contribution in [2.45, 2.75) is 13.0 Å². The van der Waals surface area contributed by atoms with Crippen molar-refractivity contribution in [2.24, 2.45) is 0 Å². The lowest BCUT2D eigenvalue weighted by atomic mass is 10.2. The first-order chi connectivity index (χ1) is 7.24. The quantitative estimate of drug-likeness (QED) is 0.439. The number of esters is 1. The smallest absolute Gasteiger partial charge is 0.325 e. The monoisotopic (exact) mass is 216 g/mol. The van der Waals surface area contributed by atoms with Crippen molar-refractivity contribution in [2.75, 3.05) is 32.9 Å². The number of carbonyl (C=O) groups excluding carboxylic acids is 2. The SMILES string of the molecule is CCOCCOC(=O)C1CNC(=O)CN1. The van der Waals surface area contributed by atoms with Crippen LogP contribution in [0.1, 0.15) is 6.92 Å². The third kappa shape index (κ3) is 4.26. The van der Waals surface area contributed by atoms with E-state index in [1.165, 1.54) is 0 Å². The zero-order valence-electron chi connectivity index (χ0n) is 8.75. The first kappa shape index (κ1) is 11.9. The molecule has 0 spiro atoms. The average molecular weight is 216 g/mol. The Labute approximate surface area is 88.3 Å². The molecule has 86 valence electrons. The number of piperazine rings is 1. The predicted molar refractivity (Wildman–Crippen MR) is 52.3 cm³/mol. The second-order valence-electron chi connectivity index (χ2n) is 3.10. The standard InChI is InChI=1S/C9H16N2O4/c1-2-14-3-4-15-9(13)7-5-11-8(12)6-10-7/h7,10H,2-6H2,1H3,(H,11,12). The first-order valence-corrected chi connectivity index (χ1v) is 4.98. The molecule has 0 aliphatic carbocycles. The van der Waals surface area contributed by atoms with Crippen LogP contribution >= 0.6 is 0 Å². The number of hydrogen-bond donors (Lipinski definition) is 2. The number of ether oxygens (including phenoxy) is 2. The lowest BCUT2D eigenvalue weighted by molar-refractivity contribution is -0.148. The van der Waals surface area contributed by atoms with Crippen LogP contribution in [-0.2, 0) is 19.1 Å². The summed E-state index contributed by atoms with van der Waals surface area (Å²) < 4.78 is 9.96. The molecular formula is C9H16N2O4. The third-order valence-electron chi connectivity index (χ3n) is 1.97. The number of hydrogen-bond acceptors (Lipinski definition) is 5. The van der Waals surface area contributed by atoms with Gasteiger partial charge in [-0.15, -0.1) is 0 Å². The van der Waals surface area contributed by atoms with Crippen molar-refractivity contribution < 1.29 is 19.1 Å². The summed E-state index contributed by atoms with van der Waals surface area (Å²) in [7, 11) is 0. The highest BCUT2D eigenvalue weighted by Gasteiger charge is 2.24. The molecule has 0 aromatic carbocycles. The highest BCUT2D eigenvalue weighted by Crippen LogP contribution is 1.92. The fourth-order valence-corrected chi connectivity index (χ4v) is 1.18. The third-order valence-corrected chi connectivity index (χ3v) is 1.97. The van der Waals surface area contributed by atoms with Gasteiger partial charge in [-0.1, -0.05) is 0 Å². The highest BCUT2D eigenvalue weighted by molar-refractivity contribution is 5.83. The van der Waals surface area contributed by atoms with Gasteiger partial charge in [-0.2, -0.15) is 0 Å². The Bertz CT molecular complexity index is 222. The number of nitrogens with one attached hydrogen (secondary N) is 2. The van der Waals surface area contributed by atoms with Crippen LogP contribution < -0.4 is 10.6 Å². The minimum absolute atomic E-state index is 0.103. The summed E-state index contributed by atoms with van der Waals surface area (Å²) in [6, 6.07) is -0.440. The molecule has 1 saturated heterocycles.